The summed E-state index contributed by atoms with van der Waals surface area (Å²) in [5.74, 6) is -0.229. The molecule has 186 valence electrons. The molecular weight excluding hydrogens is 457 g/mol. The maximum Gasteiger partial charge on any atom is 0.266 e. The Balaban J connectivity index is 1.89. The van der Waals surface area contributed by atoms with E-state index in [0.717, 1.165) is 11.1 Å². The molecule has 36 heavy (non-hydrogen) atoms. The van der Waals surface area contributed by atoms with Crippen molar-refractivity contribution in [3.8, 4) is 5.69 Å². The maximum absolute atomic E-state index is 13.8. The van der Waals surface area contributed by atoms with Crippen molar-refractivity contribution >= 4 is 16.8 Å². The number of aryl methyl sites for hydroxylation is 2. The highest BCUT2D eigenvalue weighted by Gasteiger charge is 2.27. The third-order valence-electron chi connectivity index (χ3n) is 6.49. The summed E-state index contributed by atoms with van der Waals surface area (Å²) < 4.78 is 20.3. The predicted octanol–water partition coefficient (Wildman–Crippen LogP) is 5.38. The number of fused-ring (bicyclic) bond motifs is 1. The van der Waals surface area contributed by atoms with Crippen LogP contribution in [-0.4, -0.2) is 40.6 Å². The zero-order valence-corrected chi connectivity index (χ0v) is 21.0. The first kappa shape index (κ1) is 25.3. The molecule has 0 aliphatic rings. The van der Waals surface area contributed by atoms with E-state index in [0.29, 0.717) is 47.6 Å². The van der Waals surface area contributed by atoms with E-state index in [4.69, 9.17) is 9.72 Å². The van der Waals surface area contributed by atoms with Crippen LogP contribution in [-0.2, 0) is 4.74 Å². The van der Waals surface area contributed by atoms with Gasteiger partial charge < -0.3 is 9.64 Å². The number of halogens is 1. The van der Waals surface area contributed by atoms with Gasteiger partial charge in [-0.3, -0.25) is 14.2 Å². The first-order valence-corrected chi connectivity index (χ1v) is 12.0. The van der Waals surface area contributed by atoms with Gasteiger partial charge in [0, 0.05) is 25.8 Å². The molecule has 4 aromatic rings. The topological polar surface area (TPSA) is 64.4 Å². The molecule has 0 N–H and O–H groups in total. The molecule has 1 atom stereocenters. The minimum atomic E-state index is -0.557. The van der Waals surface area contributed by atoms with Gasteiger partial charge in [0.2, 0.25) is 0 Å². The monoisotopic (exact) mass is 487 g/mol. The average Bonchev–Trinajstić information content (AvgIpc) is 2.88. The number of carbonyl (C=O) groups is 1. The molecule has 3 aromatic carbocycles. The first-order valence-electron chi connectivity index (χ1n) is 12.0. The van der Waals surface area contributed by atoms with Gasteiger partial charge in [0.25, 0.3) is 11.5 Å². The van der Waals surface area contributed by atoms with E-state index in [1.165, 1.54) is 24.3 Å². The second kappa shape index (κ2) is 10.8. The van der Waals surface area contributed by atoms with Crippen molar-refractivity contribution in [1.29, 1.82) is 0 Å². The molecule has 0 bridgehead atoms. The molecular formula is C29H30FN3O3. The van der Waals surface area contributed by atoms with Crippen LogP contribution < -0.4 is 5.56 Å². The highest BCUT2D eigenvalue weighted by Crippen LogP contribution is 2.25. The van der Waals surface area contributed by atoms with E-state index in [-0.39, 0.29) is 11.5 Å². The van der Waals surface area contributed by atoms with Crippen LogP contribution >= 0.6 is 0 Å². The lowest BCUT2D eigenvalue weighted by atomic mass is 10.1. The zero-order chi connectivity index (χ0) is 25.8. The number of rotatable bonds is 8. The molecule has 0 radical (unpaired) electrons. The summed E-state index contributed by atoms with van der Waals surface area (Å²) in [6.45, 7) is 6.72. The van der Waals surface area contributed by atoms with Gasteiger partial charge in [-0.1, -0.05) is 18.2 Å². The van der Waals surface area contributed by atoms with Gasteiger partial charge in [-0.05, 0) is 86.8 Å². The van der Waals surface area contributed by atoms with E-state index < -0.39 is 11.9 Å². The summed E-state index contributed by atoms with van der Waals surface area (Å²) in [7, 11) is 1.61. The molecule has 1 amide bonds. The Hall–Kier alpha value is -3.84. The number of benzene rings is 3. The number of aromatic nitrogens is 2. The van der Waals surface area contributed by atoms with Crippen LogP contribution in [0.3, 0.4) is 0 Å². The lowest BCUT2D eigenvalue weighted by Gasteiger charge is -2.31. The van der Waals surface area contributed by atoms with E-state index >= 15 is 0 Å². The summed E-state index contributed by atoms with van der Waals surface area (Å²) in [5.41, 5.74) is 3.58. The number of carbonyl (C=O) groups excluding carboxylic acids is 1. The fourth-order valence-corrected chi connectivity index (χ4v) is 4.29. The number of hydrogen-bond acceptors (Lipinski definition) is 4. The average molecular weight is 488 g/mol. The van der Waals surface area contributed by atoms with Crippen LogP contribution in [0.1, 0.15) is 46.7 Å². The quantitative estimate of drug-likeness (QED) is 0.313. The normalized spacial score (nSPS) is 12.0. The van der Waals surface area contributed by atoms with Crippen molar-refractivity contribution in [2.75, 3.05) is 20.3 Å². The van der Waals surface area contributed by atoms with Crippen LogP contribution in [0, 0.1) is 19.7 Å². The molecule has 1 unspecified atom stereocenters. The minimum absolute atomic E-state index is 0.197. The Morgan fingerprint density at radius 2 is 1.78 bits per heavy atom. The molecule has 0 aliphatic heterocycles. The molecule has 0 aliphatic carbocycles. The summed E-state index contributed by atoms with van der Waals surface area (Å²) in [5, 5.41) is 0.502. The second-order valence-corrected chi connectivity index (χ2v) is 8.92. The first-order chi connectivity index (χ1) is 17.3. The Bertz CT molecular complexity index is 1450. The lowest BCUT2D eigenvalue weighted by Crippen LogP contribution is -2.38. The van der Waals surface area contributed by atoms with Crippen LogP contribution in [0.15, 0.2) is 71.5 Å². The fraction of sp³-hybridized carbons (Fsp3) is 0.276. The predicted molar refractivity (Wildman–Crippen MR) is 139 cm³/mol. The van der Waals surface area contributed by atoms with Crippen molar-refractivity contribution < 1.29 is 13.9 Å². The number of hydrogen-bond donors (Lipinski definition) is 0. The Morgan fingerprint density at radius 1 is 1.06 bits per heavy atom. The maximum atomic E-state index is 13.8. The number of amides is 1. The molecule has 1 heterocycles. The summed E-state index contributed by atoms with van der Waals surface area (Å²) >= 11 is 0. The molecule has 0 saturated carbocycles. The fourth-order valence-electron chi connectivity index (χ4n) is 4.29. The van der Waals surface area contributed by atoms with Crippen LogP contribution in [0.5, 0.6) is 0 Å². The van der Waals surface area contributed by atoms with Crippen LogP contribution in [0.4, 0.5) is 4.39 Å². The van der Waals surface area contributed by atoms with Crippen LogP contribution in [0.2, 0.25) is 0 Å². The SMILES string of the molecule is COCCCN(C(=O)c1ccc(F)cc1)C(C)c1nc2ccccc2c(=O)n1-c1ccc(C)c(C)c1. The number of methoxy groups -OCH3 is 1. The molecule has 7 heteroatoms. The summed E-state index contributed by atoms with van der Waals surface area (Å²) in [4.78, 5) is 33.9. The molecule has 0 saturated heterocycles. The van der Waals surface area contributed by atoms with Gasteiger partial charge >= 0.3 is 0 Å². The molecule has 6 nitrogen and oxygen atoms in total. The molecule has 0 fully saturated rings. The molecule has 0 spiro atoms. The van der Waals surface area contributed by atoms with Gasteiger partial charge in [-0.2, -0.15) is 0 Å². The van der Waals surface area contributed by atoms with Crippen molar-refractivity contribution in [2.24, 2.45) is 0 Å². The van der Waals surface area contributed by atoms with E-state index in [2.05, 4.69) is 0 Å². The van der Waals surface area contributed by atoms with Gasteiger partial charge in [-0.15, -0.1) is 0 Å². The standard InChI is InChI=1S/C29H30FN3O3/c1-19-10-15-24(18-20(19)2)33-27(31-26-9-6-5-8-25(26)29(33)35)21(3)32(16-7-17-36-4)28(34)22-11-13-23(30)14-12-22/h5-6,8-15,18,21H,7,16-17H2,1-4H3. The highest BCUT2D eigenvalue weighted by molar-refractivity contribution is 5.94. The third-order valence-corrected chi connectivity index (χ3v) is 6.49. The van der Waals surface area contributed by atoms with Gasteiger partial charge in [0.1, 0.15) is 11.6 Å². The van der Waals surface area contributed by atoms with Crippen LogP contribution in [0.25, 0.3) is 16.6 Å². The Kier molecular flexibility index (Phi) is 7.60. The van der Waals surface area contributed by atoms with Crippen molar-refractivity contribution in [2.45, 2.75) is 33.2 Å². The zero-order valence-electron chi connectivity index (χ0n) is 21.0. The smallest absolute Gasteiger partial charge is 0.266 e. The summed E-state index contributed by atoms with van der Waals surface area (Å²) in [6.07, 6.45) is 0.592. The van der Waals surface area contributed by atoms with Crippen molar-refractivity contribution in [3.05, 3.63) is 105 Å². The van der Waals surface area contributed by atoms with Gasteiger partial charge in [-0.25, -0.2) is 9.37 Å². The van der Waals surface area contributed by atoms with Gasteiger partial charge in [0.15, 0.2) is 0 Å². The molecule has 4 rings (SSSR count). The van der Waals surface area contributed by atoms with E-state index in [1.54, 1.807) is 28.7 Å². The lowest BCUT2D eigenvalue weighted by molar-refractivity contribution is 0.0657. The Labute approximate surface area is 210 Å². The summed E-state index contributed by atoms with van der Waals surface area (Å²) in [6, 6.07) is 18.0. The van der Waals surface area contributed by atoms with Crippen molar-refractivity contribution in [1.82, 2.24) is 14.5 Å². The minimum Gasteiger partial charge on any atom is -0.385 e. The molecule has 1 aromatic heterocycles. The van der Waals surface area contributed by atoms with Gasteiger partial charge in [0.05, 0.1) is 22.6 Å². The number of para-hydroxylation sites is 1. The number of ether oxygens (including phenoxy) is 1. The van der Waals surface area contributed by atoms with E-state index in [9.17, 15) is 14.0 Å². The third kappa shape index (κ3) is 5.06. The highest BCUT2D eigenvalue weighted by atomic mass is 19.1. The van der Waals surface area contributed by atoms with E-state index in [1.807, 2.05) is 51.1 Å². The second-order valence-electron chi connectivity index (χ2n) is 8.92. The Morgan fingerprint density at radius 3 is 2.47 bits per heavy atom. The number of nitrogens with zero attached hydrogens (tertiary/aromatic N) is 3. The van der Waals surface area contributed by atoms with Crippen molar-refractivity contribution in [3.63, 3.8) is 0 Å². The largest absolute Gasteiger partial charge is 0.385 e.